The highest BCUT2D eigenvalue weighted by Crippen LogP contribution is 2.60. The van der Waals surface area contributed by atoms with Gasteiger partial charge in [0.2, 0.25) is 0 Å². The zero-order valence-electron chi connectivity index (χ0n) is 18.0. The second kappa shape index (κ2) is 8.61. The van der Waals surface area contributed by atoms with Crippen LogP contribution in [0.25, 0.3) is 6.08 Å². The molecule has 0 aliphatic heterocycles. The van der Waals surface area contributed by atoms with E-state index >= 15 is 0 Å². The molecule has 4 bridgehead atoms. The molecule has 0 amide bonds. The second-order valence-corrected chi connectivity index (χ2v) is 11.0. The van der Waals surface area contributed by atoms with E-state index in [9.17, 15) is 4.79 Å². The van der Waals surface area contributed by atoms with Crippen molar-refractivity contribution in [3.05, 3.63) is 63.2 Å². The largest absolute Gasteiger partial charge is 0.496 e. The van der Waals surface area contributed by atoms with E-state index in [-0.39, 0.29) is 5.41 Å². The fourth-order valence-electron chi connectivity index (χ4n) is 6.47. The normalized spacial score (nSPS) is 28.8. The van der Waals surface area contributed by atoms with Gasteiger partial charge in [0.25, 0.3) is 0 Å². The number of benzene rings is 2. The number of halogens is 1. The Kier molecular flexibility index (Phi) is 5.84. The van der Waals surface area contributed by atoms with Crippen molar-refractivity contribution in [1.82, 2.24) is 0 Å². The number of hydrogen-bond donors (Lipinski definition) is 0. The van der Waals surface area contributed by atoms with Gasteiger partial charge in [-0.3, -0.25) is 4.79 Å². The van der Waals surface area contributed by atoms with E-state index < -0.39 is 0 Å². The van der Waals surface area contributed by atoms with E-state index in [2.05, 4.69) is 28.7 Å². The number of carbonyl (C=O) groups is 1. The highest BCUT2D eigenvalue weighted by atomic mass is 127. The van der Waals surface area contributed by atoms with E-state index in [0.717, 1.165) is 59.6 Å². The predicted molar refractivity (Wildman–Crippen MR) is 131 cm³/mol. The number of rotatable bonds is 7. The van der Waals surface area contributed by atoms with Gasteiger partial charge in [0.1, 0.15) is 18.1 Å². The van der Waals surface area contributed by atoms with Gasteiger partial charge in [-0.15, -0.1) is 0 Å². The van der Waals surface area contributed by atoms with Crippen LogP contribution in [0.1, 0.15) is 49.7 Å². The molecule has 0 N–H and O–H groups in total. The molecular formula is C27H29IO3. The third kappa shape index (κ3) is 4.41. The van der Waals surface area contributed by atoms with E-state index in [0.29, 0.717) is 12.4 Å². The molecule has 0 saturated heterocycles. The molecule has 6 rings (SSSR count). The maximum atomic E-state index is 13.3. The van der Waals surface area contributed by atoms with E-state index in [1.54, 1.807) is 7.11 Å². The van der Waals surface area contributed by atoms with Crippen LogP contribution in [0.5, 0.6) is 11.5 Å². The van der Waals surface area contributed by atoms with Crippen LogP contribution in [0.2, 0.25) is 0 Å². The molecule has 31 heavy (non-hydrogen) atoms. The molecule has 4 saturated carbocycles. The van der Waals surface area contributed by atoms with Crippen LogP contribution in [0, 0.1) is 26.7 Å². The summed E-state index contributed by atoms with van der Waals surface area (Å²) in [7, 11) is 1.68. The van der Waals surface area contributed by atoms with Gasteiger partial charge in [-0.05, 0) is 127 Å². The van der Waals surface area contributed by atoms with Crippen molar-refractivity contribution >= 4 is 34.5 Å². The average molecular weight is 528 g/mol. The second-order valence-electron chi connectivity index (χ2n) is 9.71. The summed E-state index contributed by atoms with van der Waals surface area (Å²) in [5, 5.41) is 0. The summed E-state index contributed by atoms with van der Waals surface area (Å²) in [5.41, 5.74) is 1.92. The fraction of sp³-hybridized carbons (Fsp3) is 0.444. The van der Waals surface area contributed by atoms with Crippen LogP contribution in [-0.2, 0) is 11.4 Å². The smallest absolute Gasteiger partial charge is 0.161 e. The van der Waals surface area contributed by atoms with E-state index in [1.165, 1.54) is 22.8 Å². The molecule has 4 aliphatic rings. The number of ketones is 1. The first-order valence-corrected chi connectivity index (χ1v) is 12.4. The van der Waals surface area contributed by atoms with Crippen molar-refractivity contribution in [3.8, 4) is 11.5 Å². The first-order valence-electron chi connectivity index (χ1n) is 11.3. The minimum Gasteiger partial charge on any atom is -0.496 e. The Balaban J connectivity index is 1.30. The fourth-order valence-corrected chi connectivity index (χ4v) is 6.83. The molecule has 4 fully saturated rings. The lowest BCUT2D eigenvalue weighted by molar-refractivity contribution is -0.138. The number of hydrogen-bond acceptors (Lipinski definition) is 3. The summed E-state index contributed by atoms with van der Waals surface area (Å²) >= 11 is 2.28. The summed E-state index contributed by atoms with van der Waals surface area (Å²) in [6.45, 7) is 0.425. The van der Waals surface area contributed by atoms with Crippen molar-refractivity contribution in [2.24, 2.45) is 23.2 Å². The lowest BCUT2D eigenvalue weighted by Gasteiger charge is -2.55. The van der Waals surface area contributed by atoms with Crippen LogP contribution in [-0.4, -0.2) is 12.9 Å². The lowest BCUT2D eigenvalue weighted by Crippen LogP contribution is -2.49. The number of allylic oxidation sites excluding steroid dienone is 1. The van der Waals surface area contributed by atoms with Gasteiger partial charge >= 0.3 is 0 Å². The monoisotopic (exact) mass is 528 g/mol. The van der Waals surface area contributed by atoms with Crippen molar-refractivity contribution in [1.29, 1.82) is 0 Å². The van der Waals surface area contributed by atoms with Crippen LogP contribution in [0.3, 0.4) is 0 Å². The molecule has 4 aliphatic carbocycles. The van der Waals surface area contributed by atoms with Gasteiger partial charge in [-0.25, -0.2) is 0 Å². The average Bonchev–Trinajstić information content (AvgIpc) is 2.76. The molecule has 4 heteroatoms. The maximum Gasteiger partial charge on any atom is 0.161 e. The molecule has 162 valence electrons. The van der Waals surface area contributed by atoms with Crippen molar-refractivity contribution in [3.63, 3.8) is 0 Å². The lowest BCUT2D eigenvalue weighted by atomic mass is 9.48. The van der Waals surface area contributed by atoms with Crippen molar-refractivity contribution in [2.75, 3.05) is 7.11 Å². The van der Waals surface area contributed by atoms with Crippen LogP contribution in [0.15, 0.2) is 48.5 Å². The Morgan fingerprint density at radius 1 is 1.03 bits per heavy atom. The van der Waals surface area contributed by atoms with Gasteiger partial charge in [-0.1, -0.05) is 12.1 Å². The summed E-state index contributed by atoms with van der Waals surface area (Å²) in [6.07, 6.45) is 11.2. The highest BCUT2D eigenvalue weighted by molar-refractivity contribution is 14.1. The van der Waals surface area contributed by atoms with Gasteiger partial charge in [0, 0.05) is 14.5 Å². The minimum absolute atomic E-state index is 0.0749. The van der Waals surface area contributed by atoms with Crippen molar-refractivity contribution < 1.29 is 14.3 Å². The first kappa shape index (κ1) is 21.0. The molecule has 0 atom stereocenters. The number of ether oxygens (including phenoxy) is 2. The molecular weight excluding hydrogens is 499 g/mol. The molecule has 2 aromatic carbocycles. The minimum atomic E-state index is -0.0749. The van der Waals surface area contributed by atoms with Crippen LogP contribution in [0.4, 0.5) is 0 Å². The summed E-state index contributed by atoms with van der Waals surface area (Å²) < 4.78 is 12.7. The summed E-state index contributed by atoms with van der Waals surface area (Å²) in [6, 6.07) is 14.0. The number of carbonyl (C=O) groups excluding carboxylic acids is 1. The molecule has 0 radical (unpaired) electrons. The Morgan fingerprint density at radius 3 is 2.29 bits per heavy atom. The Labute approximate surface area is 198 Å². The first-order chi connectivity index (χ1) is 15.0. The Morgan fingerprint density at radius 2 is 1.68 bits per heavy atom. The zero-order chi connectivity index (χ0) is 21.4. The number of methoxy groups -OCH3 is 1. The van der Waals surface area contributed by atoms with Gasteiger partial charge in [0.15, 0.2) is 5.78 Å². The van der Waals surface area contributed by atoms with Crippen LogP contribution >= 0.6 is 22.6 Å². The molecule has 0 unspecified atom stereocenters. The van der Waals surface area contributed by atoms with E-state index in [1.807, 2.05) is 48.6 Å². The molecule has 0 heterocycles. The molecule has 0 aromatic heterocycles. The predicted octanol–water partition coefficient (Wildman–Crippen LogP) is 6.68. The van der Waals surface area contributed by atoms with Gasteiger partial charge in [-0.2, -0.15) is 0 Å². The van der Waals surface area contributed by atoms with Gasteiger partial charge < -0.3 is 9.47 Å². The third-order valence-electron chi connectivity index (χ3n) is 7.50. The summed E-state index contributed by atoms with van der Waals surface area (Å²) in [4.78, 5) is 13.3. The topological polar surface area (TPSA) is 35.5 Å². The molecule has 0 spiro atoms. The summed E-state index contributed by atoms with van der Waals surface area (Å²) in [5.74, 6) is 4.34. The quantitative estimate of drug-likeness (QED) is 0.297. The highest BCUT2D eigenvalue weighted by Gasteiger charge is 2.53. The SMILES string of the molecule is COc1ccc(/C=C/C(=O)C23CC4CC(CC(C4)C2)C3)cc1COc1ccc(I)cc1. The Bertz CT molecular complexity index is 957. The molecule has 2 aromatic rings. The standard InChI is InChI=1S/C27H29IO3/c1-30-25-8-2-18(13-22(25)17-31-24-6-4-23(28)5-7-24)3-9-26(29)27-14-19-10-20(15-27)12-21(11-19)16-27/h2-9,13,19-21H,10-12,14-17H2,1H3/b9-3+. The Hall–Kier alpha value is -1.82. The third-order valence-corrected chi connectivity index (χ3v) is 8.22. The van der Waals surface area contributed by atoms with E-state index in [4.69, 9.17) is 9.47 Å². The van der Waals surface area contributed by atoms with Crippen LogP contribution < -0.4 is 9.47 Å². The van der Waals surface area contributed by atoms with Gasteiger partial charge in [0.05, 0.1) is 7.11 Å². The van der Waals surface area contributed by atoms with Crippen molar-refractivity contribution in [2.45, 2.75) is 45.1 Å². The zero-order valence-corrected chi connectivity index (χ0v) is 20.1. The maximum absolute atomic E-state index is 13.3. The molecule has 3 nitrogen and oxygen atoms in total.